The monoisotopic (exact) mass is 191 g/mol. The Kier molecular flexibility index (Phi) is 3.69. The molecule has 2 heteroatoms. The standard InChI is InChI=1S/C12H17NO/c1-9-6-7-10(2)11(8-9)4-3-5-12(13)14/h6-8H,3-5H2,1-2H3,(H2,13,14). The second-order valence-corrected chi connectivity index (χ2v) is 3.75. The van der Waals surface area contributed by atoms with Gasteiger partial charge < -0.3 is 5.73 Å². The molecule has 1 aromatic carbocycles. The molecule has 0 saturated heterocycles. The summed E-state index contributed by atoms with van der Waals surface area (Å²) in [6.45, 7) is 4.18. The minimum absolute atomic E-state index is 0.213. The quantitative estimate of drug-likeness (QED) is 0.778. The molecule has 0 aliphatic carbocycles. The van der Waals surface area contributed by atoms with Crippen molar-refractivity contribution in [1.82, 2.24) is 0 Å². The Morgan fingerprint density at radius 3 is 2.71 bits per heavy atom. The first-order valence-corrected chi connectivity index (χ1v) is 4.94. The third-order valence-corrected chi connectivity index (χ3v) is 2.37. The van der Waals surface area contributed by atoms with Gasteiger partial charge in [-0.3, -0.25) is 4.79 Å². The second-order valence-electron chi connectivity index (χ2n) is 3.75. The van der Waals surface area contributed by atoms with E-state index in [1.807, 2.05) is 0 Å². The van der Waals surface area contributed by atoms with Gasteiger partial charge in [-0.25, -0.2) is 0 Å². The van der Waals surface area contributed by atoms with Crippen molar-refractivity contribution in [2.75, 3.05) is 0 Å². The maximum Gasteiger partial charge on any atom is 0.217 e. The third kappa shape index (κ3) is 3.21. The van der Waals surface area contributed by atoms with Crippen LogP contribution >= 0.6 is 0 Å². The molecule has 0 bridgehead atoms. The fraction of sp³-hybridized carbons (Fsp3) is 0.417. The summed E-state index contributed by atoms with van der Waals surface area (Å²) in [5, 5.41) is 0. The molecule has 0 spiro atoms. The van der Waals surface area contributed by atoms with E-state index in [4.69, 9.17) is 5.73 Å². The number of hydrogen-bond acceptors (Lipinski definition) is 1. The topological polar surface area (TPSA) is 43.1 Å². The van der Waals surface area contributed by atoms with Gasteiger partial charge in [0, 0.05) is 6.42 Å². The zero-order valence-electron chi connectivity index (χ0n) is 8.84. The Morgan fingerprint density at radius 2 is 2.07 bits per heavy atom. The van der Waals surface area contributed by atoms with Crippen LogP contribution < -0.4 is 5.73 Å². The number of rotatable bonds is 4. The smallest absolute Gasteiger partial charge is 0.217 e. The van der Waals surface area contributed by atoms with Gasteiger partial charge in [0.25, 0.3) is 0 Å². The molecular weight excluding hydrogens is 174 g/mol. The highest BCUT2D eigenvalue weighted by molar-refractivity contribution is 5.73. The molecule has 0 atom stereocenters. The normalized spacial score (nSPS) is 10.1. The second kappa shape index (κ2) is 4.80. The Labute approximate surface area is 85.1 Å². The van der Waals surface area contributed by atoms with Gasteiger partial charge in [-0.05, 0) is 37.8 Å². The fourth-order valence-electron chi connectivity index (χ4n) is 1.52. The number of carbonyl (C=O) groups is 1. The molecule has 0 aromatic heterocycles. The molecule has 1 aromatic rings. The van der Waals surface area contributed by atoms with Gasteiger partial charge in [0.15, 0.2) is 0 Å². The van der Waals surface area contributed by atoms with E-state index < -0.39 is 0 Å². The van der Waals surface area contributed by atoms with Gasteiger partial charge in [-0.2, -0.15) is 0 Å². The molecule has 1 rings (SSSR count). The zero-order valence-corrected chi connectivity index (χ0v) is 8.84. The molecule has 2 nitrogen and oxygen atoms in total. The van der Waals surface area contributed by atoms with Gasteiger partial charge in [0.2, 0.25) is 5.91 Å². The number of aryl methyl sites for hydroxylation is 3. The first kappa shape index (κ1) is 10.8. The number of carbonyl (C=O) groups excluding carboxylic acids is 1. The molecular formula is C12H17NO. The van der Waals surface area contributed by atoms with E-state index in [9.17, 15) is 4.79 Å². The highest BCUT2D eigenvalue weighted by Crippen LogP contribution is 2.13. The number of nitrogens with two attached hydrogens (primary N) is 1. The van der Waals surface area contributed by atoms with Gasteiger partial charge in [0.1, 0.15) is 0 Å². The van der Waals surface area contributed by atoms with E-state index in [0.29, 0.717) is 6.42 Å². The van der Waals surface area contributed by atoms with Crippen LogP contribution in [0.4, 0.5) is 0 Å². The summed E-state index contributed by atoms with van der Waals surface area (Å²) in [6, 6.07) is 6.40. The van der Waals surface area contributed by atoms with Gasteiger partial charge in [-0.1, -0.05) is 23.8 Å². The Balaban J connectivity index is 2.57. The summed E-state index contributed by atoms with van der Waals surface area (Å²) in [4.78, 5) is 10.6. The molecule has 0 aliphatic rings. The first-order chi connectivity index (χ1) is 6.59. The van der Waals surface area contributed by atoms with Gasteiger partial charge in [0.05, 0.1) is 0 Å². The molecule has 0 aliphatic heterocycles. The van der Waals surface area contributed by atoms with Crippen molar-refractivity contribution in [2.24, 2.45) is 5.73 Å². The summed E-state index contributed by atoms with van der Waals surface area (Å²) in [6.07, 6.45) is 2.27. The molecule has 0 saturated carbocycles. The van der Waals surface area contributed by atoms with Crippen molar-refractivity contribution in [1.29, 1.82) is 0 Å². The number of benzene rings is 1. The molecule has 2 N–H and O–H groups in total. The average molecular weight is 191 g/mol. The van der Waals surface area contributed by atoms with Crippen LogP contribution in [0.5, 0.6) is 0 Å². The maximum absolute atomic E-state index is 10.6. The average Bonchev–Trinajstić information content (AvgIpc) is 2.10. The summed E-state index contributed by atoms with van der Waals surface area (Å²) < 4.78 is 0. The van der Waals surface area contributed by atoms with Crippen LogP contribution in [0.3, 0.4) is 0 Å². The van der Waals surface area contributed by atoms with Crippen molar-refractivity contribution < 1.29 is 4.79 Å². The fourth-order valence-corrected chi connectivity index (χ4v) is 1.52. The predicted octanol–water partition coefficient (Wildman–Crippen LogP) is 2.11. The van der Waals surface area contributed by atoms with E-state index >= 15 is 0 Å². The minimum atomic E-state index is -0.213. The number of amides is 1. The van der Waals surface area contributed by atoms with E-state index in [0.717, 1.165) is 12.8 Å². The minimum Gasteiger partial charge on any atom is -0.370 e. The summed E-state index contributed by atoms with van der Waals surface area (Å²) >= 11 is 0. The lowest BCUT2D eigenvalue weighted by atomic mass is 10.0. The number of hydrogen-bond donors (Lipinski definition) is 1. The molecule has 0 unspecified atom stereocenters. The van der Waals surface area contributed by atoms with Crippen LogP contribution in [0, 0.1) is 13.8 Å². The van der Waals surface area contributed by atoms with Crippen LogP contribution in [0.15, 0.2) is 18.2 Å². The summed E-state index contributed by atoms with van der Waals surface area (Å²) in [7, 11) is 0. The van der Waals surface area contributed by atoms with Crippen molar-refractivity contribution in [3.8, 4) is 0 Å². The molecule has 0 fully saturated rings. The van der Waals surface area contributed by atoms with Gasteiger partial charge in [-0.15, -0.1) is 0 Å². The zero-order chi connectivity index (χ0) is 10.6. The maximum atomic E-state index is 10.6. The summed E-state index contributed by atoms with van der Waals surface area (Å²) in [5.41, 5.74) is 8.97. The summed E-state index contributed by atoms with van der Waals surface area (Å²) in [5.74, 6) is -0.213. The van der Waals surface area contributed by atoms with Crippen LogP contribution in [-0.4, -0.2) is 5.91 Å². The van der Waals surface area contributed by atoms with Crippen molar-refractivity contribution >= 4 is 5.91 Å². The SMILES string of the molecule is Cc1ccc(C)c(CCCC(N)=O)c1. The molecule has 14 heavy (non-hydrogen) atoms. The highest BCUT2D eigenvalue weighted by Gasteiger charge is 2.00. The lowest BCUT2D eigenvalue weighted by Crippen LogP contribution is -2.10. The van der Waals surface area contributed by atoms with E-state index in [2.05, 4.69) is 32.0 Å². The number of primary amides is 1. The predicted molar refractivity (Wildman–Crippen MR) is 58.0 cm³/mol. The van der Waals surface area contributed by atoms with E-state index in [1.165, 1.54) is 16.7 Å². The molecule has 0 radical (unpaired) electrons. The highest BCUT2D eigenvalue weighted by atomic mass is 16.1. The lowest BCUT2D eigenvalue weighted by molar-refractivity contribution is -0.118. The third-order valence-electron chi connectivity index (χ3n) is 2.37. The van der Waals surface area contributed by atoms with Crippen molar-refractivity contribution in [3.63, 3.8) is 0 Å². The Bertz CT molecular complexity index is 331. The van der Waals surface area contributed by atoms with Crippen molar-refractivity contribution in [3.05, 3.63) is 34.9 Å². The molecule has 1 amide bonds. The lowest BCUT2D eigenvalue weighted by Gasteiger charge is -2.05. The van der Waals surface area contributed by atoms with E-state index in [1.54, 1.807) is 0 Å². The van der Waals surface area contributed by atoms with E-state index in [-0.39, 0.29) is 5.91 Å². The molecule has 0 heterocycles. The van der Waals surface area contributed by atoms with Crippen molar-refractivity contribution in [2.45, 2.75) is 33.1 Å². The largest absolute Gasteiger partial charge is 0.370 e. The first-order valence-electron chi connectivity index (χ1n) is 4.94. The van der Waals surface area contributed by atoms with Crippen LogP contribution in [-0.2, 0) is 11.2 Å². The van der Waals surface area contributed by atoms with Gasteiger partial charge >= 0.3 is 0 Å². The Hall–Kier alpha value is -1.31. The van der Waals surface area contributed by atoms with Crippen LogP contribution in [0.1, 0.15) is 29.5 Å². The Morgan fingerprint density at radius 1 is 1.36 bits per heavy atom. The van der Waals surface area contributed by atoms with Crippen LogP contribution in [0.25, 0.3) is 0 Å². The molecule has 76 valence electrons. The van der Waals surface area contributed by atoms with Crippen LogP contribution in [0.2, 0.25) is 0 Å².